The maximum Gasteiger partial charge on any atom is 0.273 e. The van der Waals surface area contributed by atoms with Gasteiger partial charge in [0, 0.05) is 50.3 Å². The van der Waals surface area contributed by atoms with Gasteiger partial charge >= 0.3 is 0 Å². The van der Waals surface area contributed by atoms with Crippen LogP contribution in [0.15, 0.2) is 24.3 Å². The number of hydrogen-bond donors (Lipinski definition) is 0. The quantitative estimate of drug-likeness (QED) is 0.591. The van der Waals surface area contributed by atoms with E-state index in [4.69, 9.17) is 0 Å². The van der Waals surface area contributed by atoms with E-state index in [0.29, 0.717) is 18.2 Å². The van der Waals surface area contributed by atoms with Crippen LogP contribution in [0.3, 0.4) is 0 Å². The van der Waals surface area contributed by atoms with Crippen LogP contribution in [0.5, 0.6) is 0 Å². The molecule has 1 aromatic rings. The summed E-state index contributed by atoms with van der Waals surface area (Å²) in [6.07, 6.45) is 0.127. The van der Waals surface area contributed by atoms with Gasteiger partial charge in [-0.25, -0.2) is 0 Å². The second-order valence-corrected chi connectivity index (χ2v) is 6.01. The third-order valence-electron chi connectivity index (χ3n) is 4.11. The summed E-state index contributed by atoms with van der Waals surface area (Å²) in [6.45, 7) is 8.41. The summed E-state index contributed by atoms with van der Waals surface area (Å²) >= 11 is 0. The zero-order valence-corrected chi connectivity index (χ0v) is 13.2. The lowest BCUT2D eigenvalue weighted by molar-refractivity contribution is -0.385. The predicted octanol–water partition coefficient (Wildman–Crippen LogP) is 1.73. The van der Waals surface area contributed by atoms with Gasteiger partial charge in [0.05, 0.1) is 11.5 Å². The number of nitro benzene ring substituents is 1. The molecule has 6 heteroatoms. The molecule has 0 radical (unpaired) electrons. The van der Waals surface area contributed by atoms with E-state index in [9.17, 15) is 14.9 Å². The molecule has 6 nitrogen and oxygen atoms in total. The minimum atomic E-state index is -0.427. The third-order valence-corrected chi connectivity index (χ3v) is 4.11. The molecule has 1 aliphatic heterocycles. The molecule has 1 aromatic carbocycles. The number of carbonyl (C=O) groups excluding carboxylic acids is 1. The van der Waals surface area contributed by atoms with Crippen molar-refractivity contribution >= 4 is 11.5 Å². The van der Waals surface area contributed by atoms with Crippen molar-refractivity contribution in [1.82, 2.24) is 9.80 Å². The van der Waals surface area contributed by atoms with E-state index >= 15 is 0 Å². The van der Waals surface area contributed by atoms with E-state index in [1.807, 2.05) is 0 Å². The average molecular weight is 305 g/mol. The lowest BCUT2D eigenvalue weighted by Gasteiger charge is -2.36. The van der Waals surface area contributed by atoms with Crippen LogP contribution in [0.2, 0.25) is 0 Å². The van der Waals surface area contributed by atoms with Gasteiger partial charge in [0.2, 0.25) is 0 Å². The maximum atomic E-state index is 12.2. The Morgan fingerprint density at radius 3 is 2.45 bits per heavy atom. The lowest BCUT2D eigenvalue weighted by Crippen LogP contribution is -2.50. The van der Waals surface area contributed by atoms with Gasteiger partial charge < -0.3 is 0 Å². The Bertz CT molecular complexity index is 537. The van der Waals surface area contributed by atoms with Crippen LogP contribution in [0.1, 0.15) is 19.4 Å². The molecule has 0 saturated carbocycles. The first kappa shape index (κ1) is 16.6. The average Bonchev–Trinajstić information content (AvgIpc) is 2.48. The van der Waals surface area contributed by atoms with E-state index < -0.39 is 4.92 Å². The molecule has 120 valence electrons. The van der Waals surface area contributed by atoms with E-state index in [-0.39, 0.29) is 17.9 Å². The number of hydrogen-bond acceptors (Lipinski definition) is 5. The second kappa shape index (κ2) is 7.47. The summed E-state index contributed by atoms with van der Waals surface area (Å²) in [5.74, 6) is 0.0345. The summed E-state index contributed by atoms with van der Waals surface area (Å²) in [6, 6.07) is 7.00. The van der Waals surface area contributed by atoms with Gasteiger partial charge in [-0.2, -0.15) is 0 Å². The molecule has 0 N–H and O–H groups in total. The highest BCUT2D eigenvalue weighted by Gasteiger charge is 2.22. The first-order valence-electron chi connectivity index (χ1n) is 7.67. The van der Waals surface area contributed by atoms with Crippen LogP contribution in [-0.2, 0) is 11.2 Å². The molecule has 0 amide bonds. The number of nitrogens with zero attached hydrogens (tertiary/aromatic N) is 3. The van der Waals surface area contributed by atoms with Gasteiger partial charge in [-0.15, -0.1) is 0 Å². The molecule has 1 heterocycles. The van der Waals surface area contributed by atoms with Gasteiger partial charge in [0.15, 0.2) is 5.78 Å². The first-order chi connectivity index (χ1) is 10.5. The molecule has 1 aliphatic rings. The summed E-state index contributed by atoms with van der Waals surface area (Å²) in [7, 11) is 0. The number of rotatable bonds is 6. The van der Waals surface area contributed by atoms with Crippen molar-refractivity contribution in [1.29, 1.82) is 0 Å². The highest BCUT2D eigenvalue weighted by atomic mass is 16.6. The molecule has 0 atom stereocenters. The van der Waals surface area contributed by atoms with Crippen molar-refractivity contribution in [2.75, 3.05) is 32.7 Å². The van der Waals surface area contributed by atoms with Gasteiger partial charge in [-0.1, -0.05) is 18.2 Å². The van der Waals surface area contributed by atoms with Crippen LogP contribution in [0.25, 0.3) is 0 Å². The number of benzene rings is 1. The summed E-state index contributed by atoms with van der Waals surface area (Å²) in [4.78, 5) is 27.3. The van der Waals surface area contributed by atoms with Crippen molar-refractivity contribution in [3.8, 4) is 0 Å². The minimum absolute atomic E-state index is 0.0282. The van der Waals surface area contributed by atoms with Crippen molar-refractivity contribution in [3.05, 3.63) is 39.9 Å². The van der Waals surface area contributed by atoms with Gasteiger partial charge in [-0.05, 0) is 13.8 Å². The van der Waals surface area contributed by atoms with Gasteiger partial charge in [-0.3, -0.25) is 24.7 Å². The SMILES string of the molecule is CC(C)N1CCN(CC(=O)Cc2ccccc2[N+](=O)[O-])CC1. The molecule has 0 spiro atoms. The Hall–Kier alpha value is -1.79. The van der Waals surface area contributed by atoms with Gasteiger partial charge in [0.1, 0.15) is 0 Å². The number of carbonyl (C=O) groups is 1. The number of para-hydroxylation sites is 1. The smallest absolute Gasteiger partial charge is 0.273 e. The first-order valence-corrected chi connectivity index (χ1v) is 7.67. The highest BCUT2D eigenvalue weighted by molar-refractivity contribution is 5.83. The number of piperazine rings is 1. The van der Waals surface area contributed by atoms with E-state index in [2.05, 4.69) is 23.6 Å². The van der Waals surface area contributed by atoms with Crippen LogP contribution in [-0.4, -0.2) is 59.3 Å². The van der Waals surface area contributed by atoms with E-state index in [1.165, 1.54) is 6.07 Å². The Morgan fingerprint density at radius 2 is 1.86 bits per heavy atom. The van der Waals surface area contributed by atoms with Crippen molar-refractivity contribution in [2.24, 2.45) is 0 Å². The fourth-order valence-electron chi connectivity index (χ4n) is 2.79. The molecule has 0 aliphatic carbocycles. The lowest BCUT2D eigenvalue weighted by atomic mass is 10.1. The Labute approximate surface area is 130 Å². The molecular formula is C16H23N3O3. The Morgan fingerprint density at radius 1 is 1.23 bits per heavy atom. The predicted molar refractivity (Wildman–Crippen MR) is 85.0 cm³/mol. The fourth-order valence-corrected chi connectivity index (χ4v) is 2.79. The molecular weight excluding hydrogens is 282 g/mol. The largest absolute Gasteiger partial charge is 0.298 e. The summed E-state index contributed by atoms with van der Waals surface area (Å²) < 4.78 is 0. The number of ketones is 1. The minimum Gasteiger partial charge on any atom is -0.298 e. The Balaban J connectivity index is 1.88. The molecule has 0 unspecified atom stereocenters. The van der Waals surface area contributed by atoms with E-state index in [0.717, 1.165) is 26.2 Å². The highest BCUT2D eigenvalue weighted by Crippen LogP contribution is 2.18. The van der Waals surface area contributed by atoms with Crippen molar-refractivity contribution in [3.63, 3.8) is 0 Å². The van der Waals surface area contributed by atoms with Crippen LogP contribution >= 0.6 is 0 Å². The van der Waals surface area contributed by atoms with Gasteiger partial charge in [0.25, 0.3) is 5.69 Å². The third kappa shape index (κ3) is 4.35. The van der Waals surface area contributed by atoms with Crippen molar-refractivity contribution < 1.29 is 9.72 Å². The van der Waals surface area contributed by atoms with Crippen LogP contribution in [0.4, 0.5) is 5.69 Å². The number of nitro groups is 1. The zero-order valence-electron chi connectivity index (χ0n) is 13.2. The molecule has 22 heavy (non-hydrogen) atoms. The summed E-state index contributed by atoms with van der Waals surface area (Å²) in [5.41, 5.74) is 0.527. The molecule has 2 rings (SSSR count). The summed E-state index contributed by atoms with van der Waals surface area (Å²) in [5, 5.41) is 11.0. The zero-order chi connectivity index (χ0) is 16.1. The fraction of sp³-hybridized carbons (Fsp3) is 0.562. The number of Topliss-reactive ketones (excluding diaryl/α,β-unsaturated/α-hetero) is 1. The Kier molecular flexibility index (Phi) is 5.63. The second-order valence-electron chi connectivity index (χ2n) is 6.01. The molecule has 0 bridgehead atoms. The molecule has 1 fully saturated rings. The van der Waals surface area contributed by atoms with E-state index in [1.54, 1.807) is 18.2 Å². The topological polar surface area (TPSA) is 66.7 Å². The van der Waals surface area contributed by atoms with Crippen LogP contribution < -0.4 is 0 Å². The normalized spacial score (nSPS) is 16.9. The standard InChI is InChI=1S/C16H23N3O3/c1-13(2)18-9-7-17(8-10-18)12-15(20)11-14-5-3-4-6-16(14)19(21)22/h3-6,13H,7-12H2,1-2H3. The monoisotopic (exact) mass is 305 g/mol. The van der Waals surface area contributed by atoms with Crippen LogP contribution in [0, 0.1) is 10.1 Å². The molecule has 0 aromatic heterocycles. The van der Waals surface area contributed by atoms with Crippen molar-refractivity contribution in [2.45, 2.75) is 26.3 Å². The maximum absolute atomic E-state index is 12.2. The molecule has 1 saturated heterocycles.